The monoisotopic (exact) mass is 255 g/mol. The lowest BCUT2D eigenvalue weighted by Crippen LogP contribution is -2.20. The Hall–Kier alpha value is -0.780. The molecule has 1 aromatic rings. The fraction of sp³-hybridized carbons (Fsp3) is 0.667. The van der Waals surface area contributed by atoms with Gasteiger partial charge < -0.3 is 9.47 Å². The number of carbonyl (C=O) groups excluding carboxylic acids is 1. The van der Waals surface area contributed by atoms with Gasteiger partial charge in [0.05, 0.1) is 24.4 Å². The normalized spacial score (nSPS) is 19.7. The van der Waals surface area contributed by atoms with Gasteiger partial charge in [0.2, 0.25) is 0 Å². The first kappa shape index (κ1) is 12.7. The molecule has 1 aliphatic heterocycles. The lowest BCUT2D eigenvalue weighted by molar-refractivity contribution is -0.127. The second-order valence-electron chi connectivity index (χ2n) is 4.19. The van der Waals surface area contributed by atoms with Gasteiger partial charge in [-0.1, -0.05) is 0 Å². The number of aromatic nitrogens is 1. The van der Waals surface area contributed by atoms with Crippen LogP contribution in [0.5, 0.6) is 0 Å². The quantitative estimate of drug-likeness (QED) is 0.725. The molecular weight excluding hydrogens is 238 g/mol. The van der Waals surface area contributed by atoms with Crippen LogP contribution in [0.1, 0.15) is 17.0 Å². The summed E-state index contributed by atoms with van der Waals surface area (Å²) in [5.74, 6) is 0.226. The lowest BCUT2D eigenvalue weighted by Gasteiger charge is -2.07. The van der Waals surface area contributed by atoms with E-state index in [2.05, 4.69) is 4.98 Å². The van der Waals surface area contributed by atoms with Gasteiger partial charge in [0.25, 0.3) is 0 Å². The van der Waals surface area contributed by atoms with Crippen molar-refractivity contribution in [2.24, 2.45) is 5.92 Å². The molecule has 2 heterocycles. The highest BCUT2D eigenvalue weighted by Crippen LogP contribution is 2.14. The molecule has 0 amide bonds. The highest BCUT2D eigenvalue weighted by atomic mass is 32.1. The molecule has 0 aliphatic carbocycles. The Balaban J connectivity index is 1.63. The van der Waals surface area contributed by atoms with Crippen LogP contribution in [0.3, 0.4) is 0 Å². The molecule has 1 unspecified atom stereocenters. The average molecular weight is 255 g/mol. The number of rotatable bonds is 6. The predicted molar refractivity (Wildman–Crippen MR) is 65.3 cm³/mol. The SMILES string of the molecule is Cc1ncsc1CCOCC(=O)C1CCOC1. The first-order valence-corrected chi connectivity index (χ1v) is 6.72. The van der Waals surface area contributed by atoms with Crippen LogP contribution < -0.4 is 0 Å². The molecule has 94 valence electrons. The van der Waals surface area contributed by atoms with Crippen molar-refractivity contribution in [1.82, 2.24) is 4.98 Å². The van der Waals surface area contributed by atoms with Gasteiger partial charge in [-0.3, -0.25) is 4.79 Å². The summed E-state index contributed by atoms with van der Waals surface area (Å²) in [6, 6.07) is 0. The summed E-state index contributed by atoms with van der Waals surface area (Å²) in [6.45, 7) is 4.06. The highest BCUT2D eigenvalue weighted by molar-refractivity contribution is 7.09. The van der Waals surface area contributed by atoms with E-state index in [1.165, 1.54) is 4.88 Å². The summed E-state index contributed by atoms with van der Waals surface area (Å²) in [6.07, 6.45) is 1.68. The molecule has 2 rings (SSSR count). The van der Waals surface area contributed by atoms with Crippen molar-refractivity contribution < 1.29 is 14.3 Å². The number of hydrogen-bond acceptors (Lipinski definition) is 5. The molecule has 0 radical (unpaired) electrons. The van der Waals surface area contributed by atoms with E-state index in [1.54, 1.807) is 11.3 Å². The standard InChI is InChI=1S/C12H17NO3S/c1-9-12(17-8-13-9)3-5-16-7-11(14)10-2-4-15-6-10/h8,10H,2-7H2,1H3. The lowest BCUT2D eigenvalue weighted by atomic mass is 10.0. The Kier molecular flexibility index (Phi) is 4.65. The molecule has 1 saturated heterocycles. The Morgan fingerprint density at radius 2 is 2.59 bits per heavy atom. The van der Waals surface area contributed by atoms with Crippen LogP contribution in [0.2, 0.25) is 0 Å². The van der Waals surface area contributed by atoms with Crippen molar-refractivity contribution in [3.8, 4) is 0 Å². The molecule has 1 fully saturated rings. The van der Waals surface area contributed by atoms with E-state index in [4.69, 9.17) is 9.47 Å². The first-order valence-electron chi connectivity index (χ1n) is 5.84. The van der Waals surface area contributed by atoms with E-state index in [1.807, 2.05) is 12.4 Å². The molecule has 5 heteroatoms. The zero-order valence-electron chi connectivity index (χ0n) is 9.98. The number of ether oxygens (including phenoxy) is 2. The summed E-state index contributed by atoms with van der Waals surface area (Å²) >= 11 is 1.64. The minimum atomic E-state index is 0.0557. The zero-order chi connectivity index (χ0) is 12.1. The van der Waals surface area contributed by atoms with Crippen LogP contribution in [0, 0.1) is 12.8 Å². The van der Waals surface area contributed by atoms with Crippen LogP contribution in [-0.4, -0.2) is 37.2 Å². The summed E-state index contributed by atoms with van der Waals surface area (Å²) in [5, 5.41) is 0. The molecule has 0 N–H and O–H groups in total. The topological polar surface area (TPSA) is 48.4 Å². The van der Waals surface area contributed by atoms with E-state index in [0.29, 0.717) is 19.8 Å². The van der Waals surface area contributed by atoms with Crippen molar-refractivity contribution in [1.29, 1.82) is 0 Å². The molecule has 4 nitrogen and oxygen atoms in total. The summed E-state index contributed by atoms with van der Waals surface area (Å²) in [4.78, 5) is 17.1. The van der Waals surface area contributed by atoms with Gasteiger partial charge in [0.1, 0.15) is 6.61 Å². The largest absolute Gasteiger partial charge is 0.381 e. The summed E-state index contributed by atoms with van der Waals surface area (Å²) in [5.41, 5.74) is 2.90. The third-order valence-electron chi connectivity index (χ3n) is 2.95. The minimum Gasteiger partial charge on any atom is -0.381 e. The van der Waals surface area contributed by atoms with Crippen molar-refractivity contribution in [2.45, 2.75) is 19.8 Å². The van der Waals surface area contributed by atoms with Gasteiger partial charge in [-0.2, -0.15) is 0 Å². The Morgan fingerprint density at radius 3 is 3.24 bits per heavy atom. The van der Waals surface area contributed by atoms with Crippen molar-refractivity contribution >= 4 is 17.1 Å². The van der Waals surface area contributed by atoms with Crippen LogP contribution in [0.25, 0.3) is 0 Å². The van der Waals surface area contributed by atoms with E-state index in [0.717, 1.165) is 18.5 Å². The Morgan fingerprint density at radius 1 is 1.71 bits per heavy atom. The minimum absolute atomic E-state index is 0.0557. The molecule has 1 atom stereocenters. The van der Waals surface area contributed by atoms with Gasteiger partial charge in [-0.25, -0.2) is 4.98 Å². The van der Waals surface area contributed by atoms with Gasteiger partial charge >= 0.3 is 0 Å². The maximum Gasteiger partial charge on any atom is 0.163 e. The molecule has 17 heavy (non-hydrogen) atoms. The molecule has 0 saturated carbocycles. The number of carbonyl (C=O) groups is 1. The number of aryl methyl sites for hydroxylation is 1. The van der Waals surface area contributed by atoms with Gasteiger partial charge in [-0.05, 0) is 13.3 Å². The third kappa shape index (κ3) is 3.59. The number of thiazole rings is 1. The van der Waals surface area contributed by atoms with E-state index >= 15 is 0 Å². The van der Waals surface area contributed by atoms with Gasteiger partial charge in [0, 0.05) is 23.8 Å². The van der Waals surface area contributed by atoms with Crippen LogP contribution >= 0.6 is 11.3 Å². The van der Waals surface area contributed by atoms with Crippen molar-refractivity contribution in [2.75, 3.05) is 26.4 Å². The third-order valence-corrected chi connectivity index (χ3v) is 3.94. The zero-order valence-corrected chi connectivity index (χ0v) is 10.8. The Bertz CT molecular complexity index is 372. The summed E-state index contributed by atoms with van der Waals surface area (Å²) < 4.78 is 10.6. The van der Waals surface area contributed by atoms with Crippen LogP contribution in [-0.2, 0) is 20.7 Å². The summed E-state index contributed by atoms with van der Waals surface area (Å²) in [7, 11) is 0. The number of hydrogen-bond donors (Lipinski definition) is 0. The highest BCUT2D eigenvalue weighted by Gasteiger charge is 2.23. The van der Waals surface area contributed by atoms with Gasteiger partial charge in [-0.15, -0.1) is 11.3 Å². The number of Topliss-reactive ketones (excluding diaryl/α,β-unsaturated/α-hetero) is 1. The number of ketones is 1. The maximum absolute atomic E-state index is 11.7. The van der Waals surface area contributed by atoms with Crippen molar-refractivity contribution in [3.05, 3.63) is 16.1 Å². The molecule has 1 aromatic heterocycles. The van der Waals surface area contributed by atoms with E-state index < -0.39 is 0 Å². The van der Waals surface area contributed by atoms with Crippen LogP contribution in [0.4, 0.5) is 0 Å². The fourth-order valence-electron chi connectivity index (χ4n) is 1.81. The maximum atomic E-state index is 11.7. The molecular formula is C12H17NO3S. The van der Waals surface area contributed by atoms with E-state index in [-0.39, 0.29) is 18.3 Å². The van der Waals surface area contributed by atoms with Crippen LogP contribution in [0.15, 0.2) is 5.51 Å². The smallest absolute Gasteiger partial charge is 0.163 e. The first-order chi connectivity index (χ1) is 8.27. The second kappa shape index (κ2) is 6.23. The molecule has 0 spiro atoms. The molecule has 0 bridgehead atoms. The number of nitrogens with zero attached hydrogens (tertiary/aromatic N) is 1. The van der Waals surface area contributed by atoms with Gasteiger partial charge in [0.15, 0.2) is 5.78 Å². The molecule has 0 aromatic carbocycles. The second-order valence-corrected chi connectivity index (χ2v) is 5.13. The fourth-order valence-corrected chi connectivity index (χ4v) is 2.57. The molecule has 1 aliphatic rings. The Labute approximate surface area is 105 Å². The van der Waals surface area contributed by atoms with Crippen molar-refractivity contribution in [3.63, 3.8) is 0 Å². The average Bonchev–Trinajstić information content (AvgIpc) is 2.96. The van der Waals surface area contributed by atoms with E-state index in [9.17, 15) is 4.79 Å². The predicted octanol–water partition coefficient (Wildman–Crippen LogP) is 1.62.